The van der Waals surface area contributed by atoms with E-state index >= 15 is 0 Å². The third-order valence-corrected chi connectivity index (χ3v) is 5.52. The smallest absolute Gasteiger partial charge is 0.253 e. The molecule has 0 radical (unpaired) electrons. The highest BCUT2D eigenvalue weighted by Crippen LogP contribution is 2.36. The summed E-state index contributed by atoms with van der Waals surface area (Å²) in [6, 6.07) is 8.06. The summed E-state index contributed by atoms with van der Waals surface area (Å²) in [6.07, 6.45) is 3.49. The molecule has 1 aromatic rings. The zero-order chi connectivity index (χ0) is 17.2. The zero-order valence-electron chi connectivity index (χ0n) is 15.3. The largest absolute Gasteiger partial charge is 0.392 e. The number of likely N-dealkylation sites (tertiary alicyclic amines) is 1. The Morgan fingerprint density at radius 2 is 2.08 bits per heavy atom. The molecule has 2 saturated heterocycles. The van der Waals surface area contributed by atoms with Crippen LogP contribution >= 0.6 is 12.4 Å². The van der Waals surface area contributed by atoms with Gasteiger partial charge in [-0.15, -0.1) is 12.4 Å². The van der Waals surface area contributed by atoms with Crippen molar-refractivity contribution in [2.24, 2.45) is 11.3 Å². The molecule has 3 rings (SSSR count). The molecule has 1 spiro atoms. The number of rotatable bonds is 3. The lowest BCUT2D eigenvalue weighted by molar-refractivity contribution is -0.0433. The van der Waals surface area contributed by atoms with Crippen molar-refractivity contribution in [3.05, 3.63) is 35.4 Å². The quantitative estimate of drug-likeness (QED) is 0.864. The van der Waals surface area contributed by atoms with E-state index in [9.17, 15) is 9.90 Å². The van der Waals surface area contributed by atoms with E-state index in [0.29, 0.717) is 12.5 Å². The minimum Gasteiger partial charge on any atom is -0.392 e. The number of carbonyl (C=O) groups is 1. The van der Waals surface area contributed by atoms with Crippen LogP contribution in [0, 0.1) is 11.3 Å². The number of hydrogen-bond donors (Lipinski definition) is 2. The van der Waals surface area contributed by atoms with E-state index in [1.165, 1.54) is 5.56 Å². The average molecular weight is 367 g/mol. The SMILES string of the molecule is CC(C)Cc1ccc(C(=O)N2CCC[C@]3(CNCC[C@@H]3O)C2)cc1.Cl. The topological polar surface area (TPSA) is 52.6 Å². The summed E-state index contributed by atoms with van der Waals surface area (Å²) in [5.41, 5.74) is 1.88. The molecule has 2 N–H and O–H groups in total. The normalized spacial score (nSPS) is 26.6. The lowest BCUT2D eigenvalue weighted by atomic mass is 9.72. The number of amides is 1. The fourth-order valence-corrected chi connectivity index (χ4v) is 4.19. The van der Waals surface area contributed by atoms with Gasteiger partial charge < -0.3 is 15.3 Å². The van der Waals surface area contributed by atoms with E-state index in [4.69, 9.17) is 0 Å². The second kappa shape index (κ2) is 8.52. The van der Waals surface area contributed by atoms with Gasteiger partial charge in [0.15, 0.2) is 0 Å². The molecule has 0 bridgehead atoms. The number of nitrogens with one attached hydrogen (secondary N) is 1. The maximum atomic E-state index is 12.9. The van der Waals surface area contributed by atoms with Gasteiger partial charge in [-0.1, -0.05) is 26.0 Å². The molecule has 2 aliphatic rings. The second-order valence-electron chi connectivity index (χ2n) is 7.97. The van der Waals surface area contributed by atoms with Gasteiger partial charge in [0.1, 0.15) is 0 Å². The highest BCUT2D eigenvalue weighted by molar-refractivity contribution is 5.94. The Hall–Kier alpha value is -1.10. The van der Waals surface area contributed by atoms with Crippen molar-refractivity contribution in [3.8, 4) is 0 Å². The Morgan fingerprint density at radius 3 is 2.72 bits per heavy atom. The van der Waals surface area contributed by atoms with Crippen molar-refractivity contribution >= 4 is 18.3 Å². The van der Waals surface area contributed by atoms with E-state index in [2.05, 4.69) is 31.3 Å². The van der Waals surface area contributed by atoms with Gasteiger partial charge >= 0.3 is 0 Å². The number of carbonyl (C=O) groups excluding carboxylic acids is 1. The molecule has 140 valence electrons. The van der Waals surface area contributed by atoms with Crippen LogP contribution in [0.3, 0.4) is 0 Å². The first kappa shape index (κ1) is 20.2. The molecule has 25 heavy (non-hydrogen) atoms. The molecule has 0 unspecified atom stereocenters. The van der Waals surface area contributed by atoms with Crippen molar-refractivity contribution in [1.29, 1.82) is 0 Å². The predicted octanol–water partition coefficient (Wildman–Crippen LogP) is 2.88. The van der Waals surface area contributed by atoms with E-state index in [-0.39, 0.29) is 29.8 Å². The van der Waals surface area contributed by atoms with Gasteiger partial charge in [-0.05, 0) is 55.8 Å². The Kier molecular flexibility index (Phi) is 6.89. The molecule has 5 heteroatoms. The monoisotopic (exact) mass is 366 g/mol. The van der Waals surface area contributed by atoms with Crippen LogP contribution in [0.4, 0.5) is 0 Å². The fraction of sp³-hybridized carbons (Fsp3) is 0.650. The third kappa shape index (κ3) is 4.55. The Labute approximate surface area is 157 Å². The molecule has 4 nitrogen and oxygen atoms in total. The van der Waals surface area contributed by atoms with E-state index in [0.717, 1.165) is 50.9 Å². The molecule has 1 aromatic carbocycles. The summed E-state index contributed by atoms with van der Waals surface area (Å²) in [4.78, 5) is 14.8. The Morgan fingerprint density at radius 1 is 1.36 bits per heavy atom. The van der Waals surface area contributed by atoms with Crippen molar-refractivity contribution in [2.75, 3.05) is 26.2 Å². The van der Waals surface area contributed by atoms with Gasteiger partial charge in [-0.3, -0.25) is 4.79 Å². The number of piperidine rings is 2. The second-order valence-corrected chi connectivity index (χ2v) is 7.97. The molecule has 0 saturated carbocycles. The van der Waals surface area contributed by atoms with Crippen LogP contribution in [0.5, 0.6) is 0 Å². The van der Waals surface area contributed by atoms with Gasteiger partial charge in [0.2, 0.25) is 0 Å². The molecule has 0 aliphatic carbocycles. The number of aliphatic hydroxyl groups is 1. The third-order valence-electron chi connectivity index (χ3n) is 5.52. The number of aliphatic hydroxyl groups excluding tert-OH is 1. The highest BCUT2D eigenvalue weighted by atomic mass is 35.5. The lowest BCUT2D eigenvalue weighted by Crippen LogP contribution is -2.58. The van der Waals surface area contributed by atoms with Crippen LogP contribution in [0.2, 0.25) is 0 Å². The standard InChI is InChI=1S/C20H30N2O2.ClH/c1-15(2)12-16-4-6-17(7-5-16)19(24)22-11-3-9-20(14-22)13-21-10-8-18(20)23;/h4-7,15,18,21,23H,3,8-14H2,1-2H3;1H/t18-,20-;/m0./s1. The number of hydrogen-bond acceptors (Lipinski definition) is 3. The van der Waals surface area contributed by atoms with Crippen LogP contribution in [0.25, 0.3) is 0 Å². The average Bonchev–Trinajstić information content (AvgIpc) is 2.57. The van der Waals surface area contributed by atoms with Gasteiger partial charge in [0, 0.05) is 30.6 Å². The van der Waals surface area contributed by atoms with Crippen LogP contribution in [-0.4, -0.2) is 48.2 Å². The zero-order valence-corrected chi connectivity index (χ0v) is 16.1. The predicted molar refractivity (Wildman–Crippen MR) is 103 cm³/mol. The van der Waals surface area contributed by atoms with Crippen LogP contribution in [0.15, 0.2) is 24.3 Å². The van der Waals surface area contributed by atoms with Crippen molar-refractivity contribution in [1.82, 2.24) is 10.2 Å². The van der Waals surface area contributed by atoms with Gasteiger partial charge in [-0.25, -0.2) is 0 Å². The molecular weight excluding hydrogens is 336 g/mol. The first-order valence-corrected chi connectivity index (χ1v) is 9.27. The van der Waals surface area contributed by atoms with Gasteiger partial charge in [0.05, 0.1) is 6.10 Å². The van der Waals surface area contributed by atoms with E-state index < -0.39 is 0 Å². The Balaban J connectivity index is 0.00000225. The summed E-state index contributed by atoms with van der Waals surface area (Å²) >= 11 is 0. The summed E-state index contributed by atoms with van der Waals surface area (Å²) in [7, 11) is 0. The molecule has 2 heterocycles. The Bertz CT molecular complexity index is 572. The minimum atomic E-state index is -0.303. The molecule has 2 fully saturated rings. The first-order chi connectivity index (χ1) is 11.5. The van der Waals surface area contributed by atoms with E-state index in [1.807, 2.05) is 17.0 Å². The van der Waals surface area contributed by atoms with Crippen LogP contribution < -0.4 is 5.32 Å². The summed E-state index contributed by atoms with van der Waals surface area (Å²) in [5.74, 6) is 0.719. The number of benzene rings is 1. The summed E-state index contributed by atoms with van der Waals surface area (Å²) < 4.78 is 0. The molecule has 0 aromatic heterocycles. The van der Waals surface area contributed by atoms with Gasteiger partial charge in [-0.2, -0.15) is 0 Å². The molecule has 2 aliphatic heterocycles. The number of nitrogens with zero attached hydrogens (tertiary/aromatic N) is 1. The highest BCUT2D eigenvalue weighted by Gasteiger charge is 2.44. The molecule has 1 amide bonds. The maximum absolute atomic E-state index is 12.9. The number of halogens is 1. The lowest BCUT2D eigenvalue weighted by Gasteiger charge is -2.48. The molecule has 2 atom stereocenters. The van der Waals surface area contributed by atoms with Crippen molar-refractivity contribution < 1.29 is 9.90 Å². The molecular formula is C20H31ClN2O2. The van der Waals surface area contributed by atoms with E-state index in [1.54, 1.807) is 0 Å². The summed E-state index contributed by atoms with van der Waals surface area (Å²) in [6.45, 7) is 7.54. The minimum absolute atomic E-state index is 0. The van der Waals surface area contributed by atoms with Crippen LogP contribution in [-0.2, 0) is 6.42 Å². The van der Waals surface area contributed by atoms with Crippen LogP contribution in [0.1, 0.15) is 49.0 Å². The fourth-order valence-electron chi connectivity index (χ4n) is 4.19. The summed E-state index contributed by atoms with van der Waals surface area (Å²) in [5, 5.41) is 13.9. The van der Waals surface area contributed by atoms with Crippen molar-refractivity contribution in [3.63, 3.8) is 0 Å². The van der Waals surface area contributed by atoms with Crippen molar-refractivity contribution in [2.45, 2.75) is 45.6 Å². The van der Waals surface area contributed by atoms with Gasteiger partial charge in [0.25, 0.3) is 5.91 Å². The first-order valence-electron chi connectivity index (χ1n) is 9.27. The maximum Gasteiger partial charge on any atom is 0.253 e.